The Morgan fingerprint density at radius 3 is 2.71 bits per heavy atom. The van der Waals surface area contributed by atoms with E-state index in [1.807, 2.05) is 25.1 Å². The molecule has 4 aromatic rings. The number of fused-ring (bicyclic) bond motifs is 1. The van der Waals surface area contributed by atoms with Gasteiger partial charge in [-0.25, -0.2) is 4.39 Å². The van der Waals surface area contributed by atoms with Gasteiger partial charge >= 0.3 is 0 Å². The highest BCUT2D eigenvalue weighted by atomic mass is 35.5. The van der Waals surface area contributed by atoms with Gasteiger partial charge in [-0.3, -0.25) is 14.6 Å². The Morgan fingerprint density at radius 1 is 1.13 bits per heavy atom. The monoisotopic (exact) mass is 435 g/mol. The van der Waals surface area contributed by atoms with E-state index in [0.29, 0.717) is 22.0 Å². The second kappa shape index (κ2) is 8.70. The third-order valence-corrected chi connectivity index (χ3v) is 5.44. The van der Waals surface area contributed by atoms with Gasteiger partial charge < -0.3 is 9.88 Å². The number of nitrogens with zero attached hydrogens (tertiary/aromatic N) is 2. The van der Waals surface area contributed by atoms with Crippen LogP contribution in [0.1, 0.15) is 24.2 Å². The quantitative estimate of drug-likeness (QED) is 0.481. The molecule has 2 heterocycles. The number of hydrogen-bond donors (Lipinski definition) is 1. The summed E-state index contributed by atoms with van der Waals surface area (Å²) in [6, 6.07) is 16.6. The van der Waals surface area contributed by atoms with Crippen molar-refractivity contribution in [3.8, 4) is 0 Å². The average Bonchev–Trinajstić information content (AvgIpc) is 2.77. The minimum absolute atomic E-state index is 0.00872. The molecule has 31 heavy (non-hydrogen) atoms. The predicted octanol–water partition coefficient (Wildman–Crippen LogP) is 4.98. The molecule has 0 fully saturated rings. The number of pyridine rings is 2. The van der Waals surface area contributed by atoms with E-state index >= 15 is 0 Å². The molecule has 0 spiro atoms. The lowest BCUT2D eigenvalue weighted by Gasteiger charge is -2.16. The van der Waals surface area contributed by atoms with E-state index in [9.17, 15) is 14.0 Å². The Kier molecular flexibility index (Phi) is 5.82. The highest BCUT2D eigenvalue weighted by molar-refractivity contribution is 6.30. The summed E-state index contributed by atoms with van der Waals surface area (Å²) in [5.41, 5.74) is 1.63. The van der Waals surface area contributed by atoms with Gasteiger partial charge in [-0.2, -0.15) is 0 Å². The third-order valence-electron chi connectivity index (χ3n) is 5.13. The molecule has 0 bridgehead atoms. The summed E-state index contributed by atoms with van der Waals surface area (Å²) in [5.74, 6) is -0.889. The number of benzene rings is 2. The average molecular weight is 436 g/mol. The summed E-state index contributed by atoms with van der Waals surface area (Å²) < 4.78 is 15.2. The Hall–Kier alpha value is -3.51. The summed E-state index contributed by atoms with van der Waals surface area (Å²) in [6.45, 7) is 1.91. The number of aromatic nitrogens is 2. The Labute approximate surface area is 183 Å². The second-order valence-corrected chi connectivity index (χ2v) is 7.61. The molecule has 1 atom stereocenters. The summed E-state index contributed by atoms with van der Waals surface area (Å²) in [6.07, 6.45) is 3.38. The van der Waals surface area contributed by atoms with Crippen LogP contribution >= 0.6 is 11.6 Å². The van der Waals surface area contributed by atoms with Gasteiger partial charge in [-0.15, -0.1) is 0 Å². The molecule has 0 aliphatic heterocycles. The lowest BCUT2D eigenvalue weighted by molar-refractivity contribution is -0.115. The molecular weight excluding hydrogens is 417 g/mol. The van der Waals surface area contributed by atoms with E-state index in [4.69, 9.17) is 11.6 Å². The maximum absolute atomic E-state index is 13.6. The number of carbonyl (C=O) groups excluding carboxylic acids is 1. The van der Waals surface area contributed by atoms with Crippen molar-refractivity contribution >= 4 is 34.0 Å². The van der Waals surface area contributed by atoms with E-state index in [1.165, 1.54) is 12.1 Å². The van der Waals surface area contributed by atoms with E-state index < -0.39 is 5.82 Å². The maximum atomic E-state index is 13.6. The summed E-state index contributed by atoms with van der Waals surface area (Å²) in [7, 11) is 0. The van der Waals surface area contributed by atoms with Crippen LogP contribution in [0.4, 0.5) is 10.1 Å². The molecule has 0 aliphatic carbocycles. The molecule has 1 N–H and O–H groups in total. The molecule has 4 rings (SSSR count). The number of nitrogens with one attached hydrogen (secondary N) is 1. The van der Waals surface area contributed by atoms with Crippen LogP contribution in [0.2, 0.25) is 5.02 Å². The van der Waals surface area contributed by atoms with Gasteiger partial charge in [0, 0.05) is 28.9 Å². The highest BCUT2D eigenvalue weighted by Crippen LogP contribution is 2.23. The van der Waals surface area contributed by atoms with E-state index in [-0.39, 0.29) is 29.0 Å². The van der Waals surface area contributed by atoms with Crippen LogP contribution in [0.15, 0.2) is 77.9 Å². The van der Waals surface area contributed by atoms with Crippen molar-refractivity contribution in [3.05, 3.63) is 106 Å². The van der Waals surface area contributed by atoms with Crippen LogP contribution in [0.5, 0.6) is 0 Å². The number of anilines is 1. The van der Waals surface area contributed by atoms with Gasteiger partial charge in [-0.1, -0.05) is 29.8 Å². The topological polar surface area (TPSA) is 64.0 Å². The minimum Gasteiger partial charge on any atom is -0.325 e. The molecule has 7 heteroatoms. The molecule has 1 unspecified atom stereocenters. The zero-order valence-corrected chi connectivity index (χ0v) is 17.4. The summed E-state index contributed by atoms with van der Waals surface area (Å²) >= 11 is 5.69. The molecule has 0 saturated heterocycles. The number of amides is 1. The smallest absolute Gasteiger partial charge is 0.259 e. The fourth-order valence-corrected chi connectivity index (χ4v) is 3.62. The van der Waals surface area contributed by atoms with Gasteiger partial charge in [0.1, 0.15) is 5.82 Å². The van der Waals surface area contributed by atoms with Crippen LogP contribution in [-0.2, 0) is 11.2 Å². The van der Waals surface area contributed by atoms with Crippen LogP contribution in [0.25, 0.3) is 10.8 Å². The van der Waals surface area contributed by atoms with Crippen LogP contribution < -0.4 is 10.9 Å². The summed E-state index contributed by atoms with van der Waals surface area (Å²) in [4.78, 5) is 30.0. The Morgan fingerprint density at radius 2 is 1.97 bits per heavy atom. The Bertz CT molecular complexity index is 1320. The van der Waals surface area contributed by atoms with Crippen molar-refractivity contribution in [3.63, 3.8) is 0 Å². The van der Waals surface area contributed by atoms with E-state index in [0.717, 1.165) is 5.69 Å². The molecule has 2 aromatic carbocycles. The normalized spacial score (nSPS) is 12.0. The standard InChI is InChI=1S/C24H19ClFN3O2/c1-15(21-6-2-3-11-27-21)29-12-10-17-18(24(29)31)5-4-7-22(17)28-23(30)14-16-8-9-19(25)20(26)13-16/h2-13,15H,14H2,1H3,(H,28,30). The van der Waals surface area contributed by atoms with E-state index in [2.05, 4.69) is 10.3 Å². The molecule has 1 amide bonds. The first-order chi connectivity index (χ1) is 14.9. The van der Waals surface area contributed by atoms with Crippen molar-refractivity contribution in [1.82, 2.24) is 9.55 Å². The molecule has 2 aromatic heterocycles. The first-order valence-electron chi connectivity index (χ1n) is 9.72. The van der Waals surface area contributed by atoms with Gasteiger partial charge in [-0.05, 0) is 55.0 Å². The maximum Gasteiger partial charge on any atom is 0.259 e. The molecule has 0 saturated carbocycles. The largest absolute Gasteiger partial charge is 0.325 e. The van der Waals surface area contributed by atoms with Crippen LogP contribution in [-0.4, -0.2) is 15.5 Å². The lowest BCUT2D eigenvalue weighted by atomic mass is 10.1. The third kappa shape index (κ3) is 4.34. The number of carbonyl (C=O) groups is 1. The summed E-state index contributed by atoms with van der Waals surface area (Å²) in [5, 5.41) is 3.95. The fraction of sp³-hybridized carbons (Fsp3) is 0.125. The van der Waals surface area contributed by atoms with Crippen LogP contribution in [0.3, 0.4) is 0 Å². The van der Waals surface area contributed by atoms with Crippen molar-refractivity contribution < 1.29 is 9.18 Å². The van der Waals surface area contributed by atoms with Crippen molar-refractivity contribution in [2.75, 3.05) is 5.32 Å². The molecular formula is C24H19ClFN3O2. The van der Waals surface area contributed by atoms with Gasteiger partial charge in [0.2, 0.25) is 5.91 Å². The minimum atomic E-state index is -0.570. The molecule has 156 valence electrons. The first kappa shape index (κ1) is 20.8. The number of rotatable bonds is 5. The Balaban J connectivity index is 1.62. The van der Waals surface area contributed by atoms with Gasteiger partial charge in [0.15, 0.2) is 0 Å². The number of hydrogen-bond acceptors (Lipinski definition) is 3. The SMILES string of the molecule is CC(c1ccccn1)n1ccc2c(NC(=O)Cc3ccc(Cl)c(F)c3)cccc2c1=O. The highest BCUT2D eigenvalue weighted by Gasteiger charge is 2.14. The molecule has 5 nitrogen and oxygen atoms in total. The lowest BCUT2D eigenvalue weighted by Crippen LogP contribution is -2.24. The van der Waals surface area contributed by atoms with Gasteiger partial charge in [0.05, 0.1) is 23.2 Å². The zero-order chi connectivity index (χ0) is 22.0. The second-order valence-electron chi connectivity index (χ2n) is 7.20. The van der Waals surface area contributed by atoms with Crippen molar-refractivity contribution in [2.45, 2.75) is 19.4 Å². The zero-order valence-electron chi connectivity index (χ0n) is 16.7. The fourth-order valence-electron chi connectivity index (χ4n) is 3.50. The van der Waals surface area contributed by atoms with Crippen molar-refractivity contribution in [1.29, 1.82) is 0 Å². The van der Waals surface area contributed by atoms with Crippen LogP contribution in [0, 0.1) is 5.82 Å². The first-order valence-corrected chi connectivity index (χ1v) is 10.1. The molecule has 0 radical (unpaired) electrons. The number of halogens is 2. The van der Waals surface area contributed by atoms with Gasteiger partial charge in [0.25, 0.3) is 5.56 Å². The molecule has 0 aliphatic rings. The predicted molar refractivity (Wildman–Crippen MR) is 120 cm³/mol. The van der Waals surface area contributed by atoms with E-state index in [1.54, 1.807) is 47.3 Å². The van der Waals surface area contributed by atoms with Crippen molar-refractivity contribution in [2.24, 2.45) is 0 Å².